The largest absolute Gasteiger partial charge is 0.481 e. The Morgan fingerprint density at radius 2 is 1.91 bits per heavy atom. The van der Waals surface area contributed by atoms with Gasteiger partial charge in [0.1, 0.15) is 5.92 Å². The van der Waals surface area contributed by atoms with Crippen LogP contribution in [0.3, 0.4) is 0 Å². The van der Waals surface area contributed by atoms with E-state index < -0.39 is 40.8 Å². The van der Waals surface area contributed by atoms with Gasteiger partial charge in [0.15, 0.2) is 0 Å². The topological polar surface area (TPSA) is 119 Å². The van der Waals surface area contributed by atoms with Crippen molar-refractivity contribution in [3.63, 3.8) is 0 Å². The summed E-state index contributed by atoms with van der Waals surface area (Å²) >= 11 is 0. The molecule has 1 saturated heterocycles. The fraction of sp³-hybridized carbons (Fsp3) is 0.333. The molecule has 2 heterocycles. The molecule has 1 fully saturated rings. The van der Waals surface area contributed by atoms with Crippen molar-refractivity contribution in [2.75, 3.05) is 5.32 Å². The van der Waals surface area contributed by atoms with Crippen molar-refractivity contribution in [2.45, 2.75) is 19.1 Å². The van der Waals surface area contributed by atoms with Crippen LogP contribution in [0.25, 0.3) is 0 Å². The second kappa shape index (κ2) is 5.47. The van der Waals surface area contributed by atoms with Gasteiger partial charge in [-0.15, -0.1) is 0 Å². The maximum Gasteiger partial charge on any atom is 0.310 e. The molecule has 0 spiro atoms. The molecule has 2 bridgehead atoms. The molecule has 8 nitrogen and oxygen atoms in total. The van der Waals surface area contributed by atoms with Gasteiger partial charge >= 0.3 is 5.97 Å². The number of carboxylic acid groups (broad SMARTS) is 1. The van der Waals surface area contributed by atoms with E-state index in [-0.39, 0.29) is 5.69 Å². The zero-order chi connectivity index (χ0) is 16.7. The first-order chi connectivity index (χ1) is 10.9. The van der Waals surface area contributed by atoms with Gasteiger partial charge in [-0.3, -0.25) is 19.7 Å². The molecule has 4 atom stereocenters. The summed E-state index contributed by atoms with van der Waals surface area (Å²) in [5.41, 5.74) is 0.792. The van der Waals surface area contributed by atoms with Gasteiger partial charge in [0.25, 0.3) is 5.69 Å². The van der Waals surface area contributed by atoms with Crippen molar-refractivity contribution in [1.82, 2.24) is 0 Å². The summed E-state index contributed by atoms with van der Waals surface area (Å²) in [4.78, 5) is 34.2. The SMILES string of the molecule is Cc1ccc([N+](=O)[O-])cc1NC(=O)C1C2C=CC(O2)C1C(=O)O. The van der Waals surface area contributed by atoms with E-state index in [9.17, 15) is 24.8 Å². The Labute approximate surface area is 130 Å². The lowest BCUT2D eigenvalue weighted by Gasteiger charge is -2.21. The molecule has 0 aromatic heterocycles. The number of carbonyl (C=O) groups excluding carboxylic acids is 1. The van der Waals surface area contributed by atoms with Crippen molar-refractivity contribution in [2.24, 2.45) is 11.8 Å². The molecular formula is C15H14N2O6. The Hall–Kier alpha value is -2.74. The molecule has 8 heteroatoms. The first-order valence-corrected chi connectivity index (χ1v) is 7.01. The minimum Gasteiger partial charge on any atom is -0.481 e. The number of non-ortho nitro benzene ring substituents is 1. The molecule has 2 aliphatic heterocycles. The van der Waals surface area contributed by atoms with Gasteiger partial charge in [0.05, 0.1) is 28.7 Å². The van der Waals surface area contributed by atoms with Crippen molar-refractivity contribution < 1.29 is 24.4 Å². The van der Waals surface area contributed by atoms with Crippen LogP contribution in [0.15, 0.2) is 30.4 Å². The van der Waals surface area contributed by atoms with E-state index in [4.69, 9.17) is 4.74 Å². The number of hydrogen-bond donors (Lipinski definition) is 2. The number of aliphatic carboxylic acids is 1. The smallest absolute Gasteiger partial charge is 0.310 e. The van der Waals surface area contributed by atoms with E-state index in [2.05, 4.69) is 5.32 Å². The van der Waals surface area contributed by atoms with E-state index in [1.54, 1.807) is 19.1 Å². The highest BCUT2D eigenvalue weighted by atomic mass is 16.6. The van der Waals surface area contributed by atoms with E-state index in [0.29, 0.717) is 11.3 Å². The molecule has 4 unspecified atom stereocenters. The van der Waals surface area contributed by atoms with E-state index in [1.807, 2.05) is 0 Å². The first kappa shape index (κ1) is 15.2. The zero-order valence-corrected chi connectivity index (χ0v) is 12.1. The van der Waals surface area contributed by atoms with Crippen LogP contribution in [0.4, 0.5) is 11.4 Å². The van der Waals surface area contributed by atoms with Gasteiger partial charge in [0.2, 0.25) is 5.91 Å². The number of carboxylic acids is 1. The number of rotatable bonds is 4. The standard InChI is InChI=1S/C15H14N2O6/c1-7-2-3-8(17(21)22)6-9(7)16-14(18)12-10-4-5-11(23-10)13(12)15(19)20/h2-6,10-13H,1H3,(H,16,18)(H,19,20). The summed E-state index contributed by atoms with van der Waals surface area (Å²) in [6.45, 7) is 1.70. The minimum absolute atomic E-state index is 0.148. The highest BCUT2D eigenvalue weighted by Gasteiger charge is 2.53. The summed E-state index contributed by atoms with van der Waals surface area (Å²) in [7, 11) is 0. The molecule has 0 aliphatic carbocycles. The lowest BCUT2D eigenvalue weighted by Crippen LogP contribution is -2.39. The Balaban J connectivity index is 1.85. The van der Waals surface area contributed by atoms with Gasteiger partial charge in [-0.25, -0.2) is 0 Å². The van der Waals surface area contributed by atoms with Crippen molar-refractivity contribution in [3.8, 4) is 0 Å². The molecule has 0 radical (unpaired) electrons. The fourth-order valence-corrected chi connectivity index (χ4v) is 2.99. The number of nitrogens with one attached hydrogen (secondary N) is 1. The number of ether oxygens (including phenoxy) is 1. The van der Waals surface area contributed by atoms with Gasteiger partial charge < -0.3 is 15.2 Å². The van der Waals surface area contributed by atoms with Crippen LogP contribution in [0.5, 0.6) is 0 Å². The van der Waals surface area contributed by atoms with Crippen LogP contribution in [0.1, 0.15) is 5.56 Å². The number of carbonyl (C=O) groups is 2. The van der Waals surface area contributed by atoms with Crippen LogP contribution in [0.2, 0.25) is 0 Å². The van der Waals surface area contributed by atoms with Crippen LogP contribution >= 0.6 is 0 Å². The minimum atomic E-state index is -1.10. The molecule has 0 saturated carbocycles. The van der Waals surface area contributed by atoms with Crippen LogP contribution in [0, 0.1) is 28.9 Å². The molecule has 23 heavy (non-hydrogen) atoms. The quantitative estimate of drug-likeness (QED) is 0.493. The molecule has 2 N–H and O–H groups in total. The summed E-state index contributed by atoms with van der Waals surface area (Å²) in [5.74, 6) is -3.43. The third-order valence-corrected chi connectivity index (χ3v) is 4.18. The summed E-state index contributed by atoms with van der Waals surface area (Å²) in [6.07, 6.45) is 2.13. The van der Waals surface area contributed by atoms with Crippen LogP contribution < -0.4 is 5.32 Å². The Morgan fingerprint density at radius 3 is 2.52 bits per heavy atom. The van der Waals surface area contributed by atoms with E-state index >= 15 is 0 Å². The second-order valence-electron chi connectivity index (χ2n) is 5.59. The van der Waals surface area contributed by atoms with Crippen molar-refractivity contribution in [3.05, 3.63) is 46.0 Å². The maximum atomic E-state index is 12.5. The summed E-state index contributed by atoms with van der Waals surface area (Å²) in [5, 5.41) is 22.7. The third-order valence-electron chi connectivity index (χ3n) is 4.18. The summed E-state index contributed by atoms with van der Waals surface area (Å²) < 4.78 is 5.45. The van der Waals surface area contributed by atoms with Gasteiger partial charge in [-0.1, -0.05) is 18.2 Å². The number of fused-ring (bicyclic) bond motifs is 2. The number of nitro groups is 1. The Kier molecular flexibility index (Phi) is 3.61. The molecule has 2 aliphatic rings. The number of aryl methyl sites for hydroxylation is 1. The Morgan fingerprint density at radius 1 is 1.26 bits per heavy atom. The highest BCUT2D eigenvalue weighted by molar-refractivity contribution is 5.97. The van der Waals surface area contributed by atoms with Crippen LogP contribution in [-0.4, -0.2) is 34.1 Å². The maximum absolute atomic E-state index is 12.5. The molecule has 1 amide bonds. The highest BCUT2D eigenvalue weighted by Crippen LogP contribution is 2.40. The normalized spacial score (nSPS) is 27.9. The number of anilines is 1. The predicted octanol–water partition coefficient (Wildman–Crippen LogP) is 1.50. The van der Waals surface area contributed by atoms with Gasteiger partial charge in [-0.05, 0) is 12.5 Å². The van der Waals surface area contributed by atoms with E-state index in [1.165, 1.54) is 18.2 Å². The average molecular weight is 318 g/mol. The molecular weight excluding hydrogens is 304 g/mol. The van der Waals surface area contributed by atoms with E-state index in [0.717, 1.165) is 0 Å². The third kappa shape index (κ3) is 2.57. The lowest BCUT2D eigenvalue weighted by atomic mass is 9.82. The van der Waals surface area contributed by atoms with Crippen LogP contribution in [-0.2, 0) is 14.3 Å². The summed E-state index contributed by atoms with van der Waals surface area (Å²) in [6, 6.07) is 4.13. The number of nitrogens with zero attached hydrogens (tertiary/aromatic N) is 1. The average Bonchev–Trinajstić information content (AvgIpc) is 3.09. The number of hydrogen-bond acceptors (Lipinski definition) is 5. The number of nitro benzene ring substituents is 1. The molecule has 120 valence electrons. The molecule has 1 aromatic carbocycles. The number of benzene rings is 1. The van der Waals surface area contributed by atoms with Gasteiger partial charge in [-0.2, -0.15) is 0 Å². The zero-order valence-electron chi connectivity index (χ0n) is 12.1. The lowest BCUT2D eigenvalue weighted by molar-refractivity contribution is -0.384. The Bertz CT molecular complexity index is 729. The fourth-order valence-electron chi connectivity index (χ4n) is 2.99. The molecule has 3 rings (SSSR count). The first-order valence-electron chi connectivity index (χ1n) is 7.01. The molecule has 1 aromatic rings. The predicted molar refractivity (Wildman–Crippen MR) is 78.9 cm³/mol. The van der Waals surface area contributed by atoms with Crippen molar-refractivity contribution >= 4 is 23.3 Å². The van der Waals surface area contributed by atoms with Crippen molar-refractivity contribution in [1.29, 1.82) is 0 Å². The van der Waals surface area contributed by atoms with Gasteiger partial charge in [0, 0.05) is 12.1 Å². The second-order valence-corrected chi connectivity index (χ2v) is 5.59. The number of amides is 1. The monoisotopic (exact) mass is 318 g/mol.